The van der Waals surface area contributed by atoms with Gasteiger partial charge >= 0.3 is 0 Å². The van der Waals surface area contributed by atoms with E-state index < -0.39 is 0 Å². The molecule has 0 aliphatic rings. The zero-order valence-electron chi connectivity index (χ0n) is 11.9. The van der Waals surface area contributed by atoms with Crippen molar-refractivity contribution in [2.24, 2.45) is 5.73 Å². The zero-order chi connectivity index (χ0) is 14.1. The number of H-pyrrole nitrogens is 1. The van der Waals surface area contributed by atoms with E-state index in [4.69, 9.17) is 5.73 Å². The van der Waals surface area contributed by atoms with Crippen molar-refractivity contribution in [3.8, 4) is 11.1 Å². The molecule has 0 amide bonds. The highest BCUT2D eigenvalue weighted by Crippen LogP contribution is 2.27. The number of aromatic amines is 1. The summed E-state index contributed by atoms with van der Waals surface area (Å²) in [5.74, 6) is 0.959. The molecule has 2 aromatic carbocycles. The van der Waals surface area contributed by atoms with Crippen LogP contribution in [0.15, 0.2) is 36.4 Å². The first kappa shape index (κ1) is 12.9. The molecule has 102 valence electrons. The summed E-state index contributed by atoms with van der Waals surface area (Å²) in [6.45, 7) is 4.93. The van der Waals surface area contributed by atoms with E-state index in [1.807, 2.05) is 0 Å². The maximum absolute atomic E-state index is 5.58. The quantitative estimate of drug-likeness (QED) is 0.763. The molecule has 3 nitrogen and oxygen atoms in total. The van der Waals surface area contributed by atoms with Gasteiger partial charge in [-0.05, 0) is 54.8 Å². The first-order valence-electron chi connectivity index (χ1n) is 6.94. The third-order valence-corrected chi connectivity index (χ3v) is 3.83. The molecule has 0 saturated heterocycles. The molecule has 0 atom stereocenters. The molecular weight excluding hydrogens is 246 g/mol. The summed E-state index contributed by atoms with van der Waals surface area (Å²) in [6, 6.07) is 12.8. The van der Waals surface area contributed by atoms with E-state index in [1.54, 1.807) is 0 Å². The highest BCUT2D eigenvalue weighted by atomic mass is 14.9. The molecule has 0 fully saturated rings. The standard InChI is InChI=1S/C17H19N3/c1-11-4-3-5-14(12(11)2)13-6-7-15-16(10-13)20-17(19-15)8-9-18/h3-7,10H,8-9,18H2,1-2H3,(H,19,20). The highest BCUT2D eigenvalue weighted by molar-refractivity contribution is 5.83. The number of hydrogen-bond acceptors (Lipinski definition) is 2. The number of nitrogens with zero attached hydrogens (tertiary/aromatic N) is 1. The molecule has 0 radical (unpaired) electrons. The van der Waals surface area contributed by atoms with Gasteiger partial charge in [0.2, 0.25) is 0 Å². The second-order valence-electron chi connectivity index (χ2n) is 5.20. The van der Waals surface area contributed by atoms with Gasteiger partial charge in [0.25, 0.3) is 0 Å². The van der Waals surface area contributed by atoms with Gasteiger partial charge in [0.05, 0.1) is 11.0 Å². The van der Waals surface area contributed by atoms with Crippen molar-refractivity contribution >= 4 is 11.0 Å². The normalized spacial score (nSPS) is 11.2. The fourth-order valence-electron chi connectivity index (χ4n) is 2.55. The Labute approximate surface area is 118 Å². The fraction of sp³-hybridized carbons (Fsp3) is 0.235. The van der Waals surface area contributed by atoms with Crippen LogP contribution in [-0.4, -0.2) is 16.5 Å². The Morgan fingerprint density at radius 1 is 1.15 bits per heavy atom. The molecule has 3 N–H and O–H groups in total. The number of nitrogens with one attached hydrogen (secondary N) is 1. The Hall–Kier alpha value is -2.13. The van der Waals surface area contributed by atoms with Crippen LogP contribution in [0.25, 0.3) is 22.2 Å². The highest BCUT2D eigenvalue weighted by Gasteiger charge is 2.07. The van der Waals surface area contributed by atoms with Crippen LogP contribution < -0.4 is 5.73 Å². The molecule has 3 heteroatoms. The number of aryl methyl sites for hydroxylation is 1. The first-order chi connectivity index (χ1) is 9.69. The van der Waals surface area contributed by atoms with Gasteiger partial charge in [-0.25, -0.2) is 4.98 Å². The Kier molecular flexibility index (Phi) is 3.28. The summed E-state index contributed by atoms with van der Waals surface area (Å²) in [5.41, 5.74) is 12.8. The second kappa shape index (κ2) is 5.10. The maximum atomic E-state index is 5.58. The number of nitrogens with two attached hydrogens (primary N) is 1. The summed E-state index contributed by atoms with van der Waals surface area (Å²) in [5, 5.41) is 0. The van der Waals surface area contributed by atoms with Crippen LogP contribution in [0.3, 0.4) is 0 Å². The van der Waals surface area contributed by atoms with Crippen LogP contribution in [0.1, 0.15) is 17.0 Å². The second-order valence-corrected chi connectivity index (χ2v) is 5.20. The van der Waals surface area contributed by atoms with E-state index in [-0.39, 0.29) is 0 Å². The minimum Gasteiger partial charge on any atom is -0.342 e. The minimum atomic E-state index is 0.615. The monoisotopic (exact) mass is 265 g/mol. The number of benzene rings is 2. The lowest BCUT2D eigenvalue weighted by molar-refractivity contribution is 0.900. The van der Waals surface area contributed by atoms with Gasteiger partial charge in [-0.3, -0.25) is 0 Å². The average molecular weight is 265 g/mol. The molecule has 0 saturated carbocycles. The van der Waals surface area contributed by atoms with Gasteiger partial charge in [-0.2, -0.15) is 0 Å². The summed E-state index contributed by atoms with van der Waals surface area (Å²) in [6.07, 6.45) is 0.785. The van der Waals surface area contributed by atoms with Crippen LogP contribution in [-0.2, 0) is 6.42 Å². The van der Waals surface area contributed by atoms with Gasteiger partial charge < -0.3 is 10.7 Å². The van der Waals surface area contributed by atoms with Crippen molar-refractivity contribution in [1.82, 2.24) is 9.97 Å². The molecule has 0 aliphatic heterocycles. The topological polar surface area (TPSA) is 54.7 Å². The summed E-state index contributed by atoms with van der Waals surface area (Å²) in [4.78, 5) is 7.89. The molecular formula is C17H19N3. The van der Waals surface area contributed by atoms with Crippen molar-refractivity contribution < 1.29 is 0 Å². The molecule has 0 bridgehead atoms. The van der Waals surface area contributed by atoms with Crippen molar-refractivity contribution in [1.29, 1.82) is 0 Å². The third-order valence-electron chi connectivity index (χ3n) is 3.83. The molecule has 0 spiro atoms. The minimum absolute atomic E-state index is 0.615. The zero-order valence-corrected chi connectivity index (χ0v) is 11.9. The smallest absolute Gasteiger partial charge is 0.108 e. The summed E-state index contributed by atoms with van der Waals surface area (Å²) >= 11 is 0. The van der Waals surface area contributed by atoms with Crippen LogP contribution in [0, 0.1) is 13.8 Å². The van der Waals surface area contributed by atoms with Crippen molar-refractivity contribution in [2.45, 2.75) is 20.3 Å². The summed E-state index contributed by atoms with van der Waals surface area (Å²) in [7, 11) is 0. The van der Waals surface area contributed by atoms with Crippen molar-refractivity contribution in [3.05, 3.63) is 53.3 Å². The van der Waals surface area contributed by atoms with Crippen LogP contribution in [0.4, 0.5) is 0 Å². The largest absolute Gasteiger partial charge is 0.342 e. The average Bonchev–Trinajstić information content (AvgIpc) is 2.83. The third kappa shape index (κ3) is 2.21. The van der Waals surface area contributed by atoms with Crippen molar-refractivity contribution in [3.63, 3.8) is 0 Å². The van der Waals surface area contributed by atoms with E-state index in [2.05, 4.69) is 60.2 Å². The summed E-state index contributed by atoms with van der Waals surface area (Å²) < 4.78 is 0. The van der Waals surface area contributed by atoms with Crippen molar-refractivity contribution in [2.75, 3.05) is 6.54 Å². The van der Waals surface area contributed by atoms with Gasteiger partial charge in [0.1, 0.15) is 5.82 Å². The Morgan fingerprint density at radius 3 is 2.80 bits per heavy atom. The van der Waals surface area contributed by atoms with Crippen LogP contribution in [0.5, 0.6) is 0 Å². The molecule has 1 aromatic heterocycles. The van der Waals surface area contributed by atoms with Gasteiger partial charge in [0.15, 0.2) is 0 Å². The number of rotatable bonds is 3. The SMILES string of the molecule is Cc1cccc(-c2ccc3nc(CCN)[nH]c3c2)c1C. The van der Waals surface area contributed by atoms with E-state index in [9.17, 15) is 0 Å². The number of imidazole rings is 1. The lowest BCUT2D eigenvalue weighted by Crippen LogP contribution is -2.03. The maximum Gasteiger partial charge on any atom is 0.108 e. The molecule has 3 aromatic rings. The number of fused-ring (bicyclic) bond motifs is 1. The molecule has 1 heterocycles. The van der Waals surface area contributed by atoms with Crippen LogP contribution in [0.2, 0.25) is 0 Å². The van der Waals surface area contributed by atoms with Gasteiger partial charge in [0, 0.05) is 6.42 Å². The Morgan fingerprint density at radius 2 is 2.00 bits per heavy atom. The van der Waals surface area contributed by atoms with E-state index >= 15 is 0 Å². The fourth-order valence-corrected chi connectivity index (χ4v) is 2.55. The Bertz CT molecular complexity index is 756. The molecule has 20 heavy (non-hydrogen) atoms. The van der Waals surface area contributed by atoms with E-state index in [1.165, 1.54) is 22.3 Å². The predicted molar refractivity (Wildman–Crippen MR) is 83.8 cm³/mol. The van der Waals surface area contributed by atoms with E-state index in [0.29, 0.717) is 6.54 Å². The van der Waals surface area contributed by atoms with Gasteiger partial charge in [-0.15, -0.1) is 0 Å². The first-order valence-corrected chi connectivity index (χ1v) is 6.94. The lowest BCUT2D eigenvalue weighted by atomic mass is 9.97. The predicted octanol–water partition coefficient (Wildman–Crippen LogP) is 3.35. The van der Waals surface area contributed by atoms with Crippen LogP contribution >= 0.6 is 0 Å². The number of aromatic nitrogens is 2. The molecule has 3 rings (SSSR count). The van der Waals surface area contributed by atoms with E-state index in [0.717, 1.165) is 23.3 Å². The lowest BCUT2D eigenvalue weighted by Gasteiger charge is -2.08. The Balaban J connectivity index is 2.10. The molecule has 0 unspecified atom stereocenters. The molecule has 0 aliphatic carbocycles. The van der Waals surface area contributed by atoms with Gasteiger partial charge in [-0.1, -0.05) is 24.3 Å². The number of hydrogen-bond donors (Lipinski definition) is 2.